The van der Waals surface area contributed by atoms with E-state index in [1.165, 1.54) is 154 Å². The van der Waals surface area contributed by atoms with Crippen LogP contribution in [0.3, 0.4) is 0 Å². The second-order valence-corrected chi connectivity index (χ2v) is 38.1. The molecule has 0 saturated heterocycles. The van der Waals surface area contributed by atoms with Gasteiger partial charge in [-0.3, -0.25) is 0 Å². The summed E-state index contributed by atoms with van der Waals surface area (Å²) in [6.45, 7) is 63.9. The minimum absolute atomic E-state index is 0.0556. The standard InChI is InChI=1S/C16H30.C14H26.C11H20.C7H14.2C6H11F3.C6H12.C6H14.2C5H12.C4H10.C2H6/c1-13-6-8-16(9-7-13)11-14(2,3)10-15(4,5)12-16;1-12-4-6-14(7-5-12)10-8-13(2,3)9-11-14;1-10-4-8-11(9-5-10)6-2-3-7-11;1-7-5-3-2-4-6-7;2*1-3-5(2)4-6(7,8)9;1-6-4-2-3-5-6;1-5-6(2,3)4;1-5(2,3)4;1-4-5(2)3;1-4(2)3;1-2/h13H,6-12H2,1-5H3;12H,4-11H2,1-3H3;10H,2-9H2,1H3;7H,2-6H2,1H3;2*5H,3-4H2,1-2H3;6H,2-5H2,1H3;5H2,1-4H3;1-4H3;5H,4H2,1-3H3;4H,1-3H3;1-2H3/t;;;;2*5-;;;;;;/m....00....../s1/i;;;7D;;;6D;5D2;;4D2;4D;. The third kappa shape index (κ3) is 61.4. The lowest BCUT2D eigenvalue weighted by atomic mass is 9.51. The molecule has 2 atom stereocenters. The Morgan fingerprint density at radius 1 is 0.394 bits per heavy atom. The summed E-state index contributed by atoms with van der Waals surface area (Å²) in [7, 11) is 0. The lowest BCUT2D eigenvalue weighted by Gasteiger charge is -2.54. The maximum absolute atomic E-state index is 11.5. The van der Waals surface area contributed by atoms with Crippen molar-refractivity contribution in [1.29, 1.82) is 0 Å². The normalized spacial score (nSPS) is 25.1. The first kappa shape index (κ1) is 86.0. The van der Waals surface area contributed by atoms with Gasteiger partial charge in [0.1, 0.15) is 0 Å². The summed E-state index contributed by atoms with van der Waals surface area (Å²) < 4.78 is 120. The van der Waals surface area contributed by atoms with Crippen LogP contribution in [0.5, 0.6) is 0 Å². The van der Waals surface area contributed by atoms with Crippen molar-refractivity contribution in [3.63, 3.8) is 0 Å². The molecule has 0 heterocycles. The molecule has 3 spiro atoms. The Morgan fingerprint density at radius 3 is 0.840 bits per heavy atom. The zero-order valence-corrected chi connectivity index (χ0v) is 69.7. The Labute approximate surface area is 600 Å². The fraction of sp³-hybridized carbons (Fsp3) is 1.00. The summed E-state index contributed by atoms with van der Waals surface area (Å²) in [5.74, 6) is 2.32. The second-order valence-electron chi connectivity index (χ2n) is 38.1. The van der Waals surface area contributed by atoms with Crippen LogP contribution in [-0.4, -0.2) is 12.4 Å². The molecule has 0 bridgehead atoms. The predicted octanol–water partition coefficient (Wildman–Crippen LogP) is 33.9. The van der Waals surface area contributed by atoms with E-state index in [2.05, 4.69) is 90.0 Å². The Kier molecular flexibility index (Phi) is 45.8. The van der Waals surface area contributed by atoms with Crippen molar-refractivity contribution in [1.82, 2.24) is 0 Å². The fourth-order valence-electron chi connectivity index (χ4n) is 14.8. The van der Waals surface area contributed by atoms with Gasteiger partial charge in [0.25, 0.3) is 0 Å². The number of hydrogen-bond donors (Lipinski definition) is 0. The molecule has 0 unspecified atom stereocenters. The topological polar surface area (TPSA) is 0 Å². The second kappa shape index (κ2) is 50.0. The van der Waals surface area contributed by atoms with Crippen molar-refractivity contribution in [3.05, 3.63) is 0 Å². The smallest absolute Gasteiger partial charge is 0.171 e. The van der Waals surface area contributed by atoms with Crippen LogP contribution in [0.25, 0.3) is 0 Å². The Balaban J connectivity index is -0.000000520. The van der Waals surface area contributed by atoms with E-state index in [1.807, 2.05) is 83.1 Å². The molecule has 8 saturated carbocycles. The first-order valence-electron chi connectivity index (χ1n) is 43.2. The van der Waals surface area contributed by atoms with Crippen LogP contribution in [0.4, 0.5) is 26.3 Å². The molecule has 8 rings (SSSR count). The Hall–Kier alpha value is -0.420. The highest BCUT2D eigenvalue weighted by atomic mass is 19.4. The minimum atomic E-state index is -3.98. The van der Waals surface area contributed by atoms with Crippen molar-refractivity contribution >= 4 is 0 Å². The van der Waals surface area contributed by atoms with Crippen molar-refractivity contribution < 1.29 is 35.9 Å². The van der Waals surface area contributed by atoms with E-state index in [9.17, 15) is 26.3 Å². The molecule has 0 aromatic carbocycles. The van der Waals surface area contributed by atoms with E-state index in [4.69, 9.17) is 9.60 Å². The molecule has 8 fully saturated rings. The van der Waals surface area contributed by atoms with Crippen LogP contribution in [0.2, 0.25) is 0 Å². The molecule has 0 nitrogen and oxygen atoms in total. The molecule has 0 amide bonds. The average molecular weight is 1360 g/mol. The van der Waals surface area contributed by atoms with E-state index < -0.39 is 37.9 Å². The van der Waals surface area contributed by atoms with Crippen LogP contribution in [0.15, 0.2) is 0 Å². The summed E-state index contributed by atoms with van der Waals surface area (Å²) in [4.78, 5) is 0. The maximum Gasteiger partial charge on any atom is 0.389 e. The minimum Gasteiger partial charge on any atom is -0.171 e. The summed E-state index contributed by atoms with van der Waals surface area (Å²) in [5.41, 5.74) is 4.41. The fourth-order valence-corrected chi connectivity index (χ4v) is 14.8. The van der Waals surface area contributed by atoms with Gasteiger partial charge < -0.3 is 0 Å². The quantitative estimate of drug-likeness (QED) is 0.241. The van der Waals surface area contributed by atoms with Crippen LogP contribution in [0, 0.1) is 96.5 Å². The van der Waals surface area contributed by atoms with Gasteiger partial charge in [0, 0.05) is 22.4 Å². The first-order chi connectivity index (χ1) is 45.1. The molecular formula is C88H178F6. The van der Waals surface area contributed by atoms with Gasteiger partial charge >= 0.3 is 12.4 Å². The molecule has 0 radical (unpaired) electrons. The molecule has 572 valence electrons. The van der Waals surface area contributed by atoms with Gasteiger partial charge in [-0.25, -0.2) is 0 Å². The van der Waals surface area contributed by atoms with Crippen molar-refractivity contribution in [2.75, 3.05) is 0 Å². The Bertz CT molecular complexity index is 1900. The number of alkyl halides is 6. The predicted molar refractivity (Wildman–Crippen MR) is 414 cm³/mol. The highest BCUT2D eigenvalue weighted by Crippen LogP contribution is 2.60. The van der Waals surface area contributed by atoms with E-state index in [0.717, 1.165) is 54.3 Å². The largest absolute Gasteiger partial charge is 0.389 e. The third-order valence-corrected chi connectivity index (χ3v) is 21.0. The molecule has 8 aliphatic rings. The molecule has 0 aliphatic heterocycles. The number of rotatable bonds is 5. The average Bonchev–Trinajstić information content (AvgIpc) is 1.26. The van der Waals surface area contributed by atoms with Crippen LogP contribution in [-0.2, 0) is 0 Å². The molecular weight excluding hydrogens is 1170 g/mol. The lowest BCUT2D eigenvalue weighted by Crippen LogP contribution is -2.43. The summed E-state index contributed by atoms with van der Waals surface area (Å²) in [6, 6.07) is 0. The zero-order valence-electron chi connectivity index (χ0n) is 76.7. The van der Waals surface area contributed by atoms with Crippen molar-refractivity contribution in [3.8, 4) is 0 Å². The zero-order chi connectivity index (χ0) is 80.4. The molecule has 0 aromatic heterocycles. The summed E-state index contributed by atoms with van der Waals surface area (Å²) >= 11 is 0. The van der Waals surface area contributed by atoms with Gasteiger partial charge in [-0.05, 0) is 193 Å². The number of halogens is 6. The highest BCUT2D eigenvalue weighted by Gasteiger charge is 2.48. The van der Waals surface area contributed by atoms with Gasteiger partial charge in [-0.1, -0.05) is 349 Å². The third-order valence-electron chi connectivity index (χ3n) is 21.0. The molecule has 6 heteroatoms. The van der Waals surface area contributed by atoms with E-state index in [1.54, 1.807) is 67.2 Å². The van der Waals surface area contributed by atoms with E-state index in [-0.39, 0.29) is 40.9 Å². The lowest BCUT2D eigenvalue weighted by molar-refractivity contribution is -0.144. The van der Waals surface area contributed by atoms with Crippen LogP contribution in [0.1, 0.15) is 468 Å². The summed E-state index contributed by atoms with van der Waals surface area (Å²) in [6.07, 6.45) is 35.5. The molecule has 0 N–H and O–H groups in total. The first-order valence-corrected chi connectivity index (χ1v) is 39.7. The molecule has 8 aliphatic carbocycles. The van der Waals surface area contributed by atoms with Gasteiger partial charge in [0.05, 0.1) is 0 Å². The van der Waals surface area contributed by atoms with E-state index >= 15 is 0 Å². The maximum atomic E-state index is 11.5. The monoisotopic (exact) mass is 1360 g/mol. The number of hydrogen-bond acceptors (Lipinski definition) is 0. The SMILES string of the molecule is CC.CC(C)(C)C.CC1CCC2(CC1)CC(C)(C)CC(C)(C)C2.CC1CCC2(CC1)CCC(C)(C)CC2.CC1CCC2(CCCC2)CC1.CC[C@H](C)CC(F)(F)F.CC[C@H](C)CC(F)(F)F.[2H]C(C)(C)C.[2H]C([2H])(C)C(C)(C)C.[2H]C([2H])(C)C(C)C.[2H]C1(C)CCCC1.[2H]C1(C)CCCCC1. The molecule has 94 heavy (non-hydrogen) atoms. The highest BCUT2D eigenvalue weighted by molar-refractivity contribution is 4.99. The van der Waals surface area contributed by atoms with Crippen LogP contribution >= 0.6 is 0 Å². The summed E-state index contributed by atoms with van der Waals surface area (Å²) in [5, 5.41) is 0. The van der Waals surface area contributed by atoms with Crippen LogP contribution < -0.4 is 0 Å². The van der Waals surface area contributed by atoms with Crippen molar-refractivity contribution in [2.45, 2.75) is 471 Å². The van der Waals surface area contributed by atoms with Gasteiger partial charge in [0.15, 0.2) is 0 Å². The van der Waals surface area contributed by atoms with E-state index in [0.29, 0.717) is 39.9 Å². The van der Waals surface area contributed by atoms with Gasteiger partial charge in [-0.2, -0.15) is 26.3 Å². The Morgan fingerprint density at radius 2 is 0.638 bits per heavy atom. The van der Waals surface area contributed by atoms with Crippen molar-refractivity contribution in [2.24, 2.45) is 96.5 Å². The molecule has 0 aromatic rings. The van der Waals surface area contributed by atoms with Gasteiger partial charge in [0.2, 0.25) is 0 Å². The van der Waals surface area contributed by atoms with Gasteiger partial charge in [-0.15, -0.1) is 0 Å².